The number of hydrogen-bond acceptors (Lipinski definition) is 5. The van der Waals surface area contributed by atoms with Gasteiger partial charge >= 0.3 is 0 Å². The van der Waals surface area contributed by atoms with Gasteiger partial charge in [0, 0.05) is 26.7 Å². The van der Waals surface area contributed by atoms with Gasteiger partial charge in [-0.2, -0.15) is 5.10 Å². The van der Waals surface area contributed by atoms with Crippen LogP contribution in [0.15, 0.2) is 12.5 Å². The van der Waals surface area contributed by atoms with Crippen LogP contribution < -0.4 is 5.32 Å². The Morgan fingerprint density at radius 3 is 2.77 bits per heavy atom. The normalized spacial score (nSPS) is 23.0. The summed E-state index contributed by atoms with van der Waals surface area (Å²) in [5.74, 6) is 2.54. The van der Waals surface area contributed by atoms with E-state index in [-0.39, 0.29) is 0 Å². The third-order valence-corrected chi connectivity index (χ3v) is 4.42. The number of fused-ring (bicyclic) bond motifs is 1. The standard InChI is InChI=1S/C16H26N6/c1-12-7-13(2)10-22(9-12)6-4-5-17-15-14-8-20-21(3)16(14)19-11-18-15/h8,11-13H,4-7,9-10H2,1-3H3,(H,17,18,19)/t12-,13-/m0/s1. The fraction of sp³-hybridized carbons (Fsp3) is 0.688. The summed E-state index contributed by atoms with van der Waals surface area (Å²) in [7, 11) is 1.90. The molecule has 3 rings (SSSR count). The first-order chi connectivity index (χ1) is 10.6. The lowest BCUT2D eigenvalue weighted by atomic mass is 9.92. The summed E-state index contributed by atoms with van der Waals surface area (Å²) in [6.45, 7) is 9.29. The molecular weight excluding hydrogens is 276 g/mol. The van der Waals surface area contributed by atoms with Crippen LogP contribution in [0.25, 0.3) is 11.0 Å². The molecule has 0 bridgehead atoms. The van der Waals surface area contributed by atoms with E-state index in [0.717, 1.165) is 48.2 Å². The maximum atomic E-state index is 4.34. The molecule has 0 radical (unpaired) electrons. The Morgan fingerprint density at radius 2 is 2.00 bits per heavy atom. The third-order valence-electron chi connectivity index (χ3n) is 4.42. The number of likely N-dealkylation sites (tertiary alicyclic amines) is 1. The Kier molecular flexibility index (Phi) is 4.57. The number of nitrogens with zero attached hydrogens (tertiary/aromatic N) is 5. The zero-order valence-electron chi connectivity index (χ0n) is 13.8. The molecule has 0 unspecified atom stereocenters. The number of nitrogens with one attached hydrogen (secondary N) is 1. The topological polar surface area (TPSA) is 58.9 Å². The lowest BCUT2D eigenvalue weighted by molar-refractivity contribution is 0.141. The minimum atomic E-state index is 0.827. The lowest BCUT2D eigenvalue weighted by Gasteiger charge is -2.34. The highest BCUT2D eigenvalue weighted by Crippen LogP contribution is 2.21. The van der Waals surface area contributed by atoms with Crippen LogP contribution in [0.5, 0.6) is 0 Å². The van der Waals surface area contributed by atoms with Crippen molar-refractivity contribution in [3.05, 3.63) is 12.5 Å². The van der Waals surface area contributed by atoms with E-state index in [9.17, 15) is 0 Å². The molecule has 2 aromatic rings. The van der Waals surface area contributed by atoms with Crippen LogP contribution in [0.3, 0.4) is 0 Å². The Balaban J connectivity index is 1.50. The third kappa shape index (κ3) is 3.38. The summed E-state index contributed by atoms with van der Waals surface area (Å²) in [5.41, 5.74) is 0.871. The van der Waals surface area contributed by atoms with E-state index in [0.29, 0.717) is 0 Å². The molecule has 0 spiro atoms. The van der Waals surface area contributed by atoms with E-state index in [1.807, 2.05) is 13.2 Å². The second-order valence-electron chi connectivity index (χ2n) is 6.71. The first-order valence-corrected chi connectivity index (χ1v) is 8.22. The zero-order chi connectivity index (χ0) is 15.5. The Labute approximate surface area is 131 Å². The van der Waals surface area contributed by atoms with Crippen LogP contribution in [0.1, 0.15) is 26.7 Å². The van der Waals surface area contributed by atoms with Gasteiger partial charge in [-0.25, -0.2) is 9.97 Å². The maximum absolute atomic E-state index is 4.34. The molecule has 1 N–H and O–H groups in total. The molecule has 0 saturated carbocycles. The number of anilines is 1. The van der Waals surface area contributed by atoms with Crippen molar-refractivity contribution in [2.24, 2.45) is 18.9 Å². The summed E-state index contributed by atoms with van der Waals surface area (Å²) in [6, 6.07) is 0. The smallest absolute Gasteiger partial charge is 0.163 e. The van der Waals surface area contributed by atoms with Crippen LogP contribution in [0.4, 0.5) is 5.82 Å². The van der Waals surface area contributed by atoms with E-state index in [1.54, 1.807) is 11.0 Å². The first-order valence-electron chi connectivity index (χ1n) is 8.22. The summed E-state index contributed by atoms with van der Waals surface area (Å²) in [5, 5.41) is 8.66. The van der Waals surface area contributed by atoms with Crippen molar-refractivity contribution in [2.45, 2.75) is 26.7 Å². The summed E-state index contributed by atoms with van der Waals surface area (Å²) < 4.78 is 1.78. The molecule has 2 aromatic heterocycles. The fourth-order valence-corrected chi connectivity index (χ4v) is 3.59. The van der Waals surface area contributed by atoms with Gasteiger partial charge in [0.25, 0.3) is 0 Å². The van der Waals surface area contributed by atoms with Gasteiger partial charge in [-0.1, -0.05) is 13.8 Å². The maximum Gasteiger partial charge on any atom is 0.163 e. The Hall–Kier alpha value is -1.69. The van der Waals surface area contributed by atoms with Gasteiger partial charge in [0.1, 0.15) is 12.1 Å². The van der Waals surface area contributed by atoms with Crippen molar-refractivity contribution in [3.63, 3.8) is 0 Å². The molecule has 1 fully saturated rings. The van der Waals surface area contributed by atoms with Crippen LogP contribution in [-0.2, 0) is 7.05 Å². The van der Waals surface area contributed by atoms with Crippen molar-refractivity contribution in [3.8, 4) is 0 Å². The summed E-state index contributed by atoms with van der Waals surface area (Å²) in [6.07, 6.45) is 5.92. The van der Waals surface area contributed by atoms with E-state index in [2.05, 4.69) is 39.1 Å². The SMILES string of the molecule is C[C@H]1C[C@H](C)CN(CCCNc2ncnc3c2cnn3C)C1. The molecule has 0 aliphatic carbocycles. The highest BCUT2D eigenvalue weighted by molar-refractivity contribution is 5.85. The molecule has 3 heterocycles. The minimum absolute atomic E-state index is 0.827. The fourth-order valence-electron chi connectivity index (χ4n) is 3.59. The second kappa shape index (κ2) is 6.60. The van der Waals surface area contributed by atoms with E-state index < -0.39 is 0 Å². The molecule has 6 nitrogen and oxygen atoms in total. The second-order valence-corrected chi connectivity index (χ2v) is 6.71. The number of aromatic nitrogens is 4. The molecule has 1 aliphatic heterocycles. The predicted octanol–water partition coefficient (Wildman–Crippen LogP) is 2.14. The minimum Gasteiger partial charge on any atom is -0.369 e. The van der Waals surface area contributed by atoms with Crippen molar-refractivity contribution in [1.82, 2.24) is 24.6 Å². The monoisotopic (exact) mass is 302 g/mol. The zero-order valence-corrected chi connectivity index (χ0v) is 13.8. The first kappa shape index (κ1) is 15.2. The van der Waals surface area contributed by atoms with Gasteiger partial charge in [-0.3, -0.25) is 4.68 Å². The van der Waals surface area contributed by atoms with Gasteiger partial charge in [0.05, 0.1) is 11.6 Å². The van der Waals surface area contributed by atoms with Gasteiger partial charge < -0.3 is 10.2 Å². The molecule has 0 amide bonds. The number of rotatable bonds is 5. The predicted molar refractivity (Wildman–Crippen MR) is 88.8 cm³/mol. The van der Waals surface area contributed by atoms with Gasteiger partial charge in [-0.05, 0) is 31.2 Å². The molecule has 0 aromatic carbocycles. The van der Waals surface area contributed by atoms with Crippen LogP contribution in [-0.4, -0.2) is 50.8 Å². The summed E-state index contributed by atoms with van der Waals surface area (Å²) in [4.78, 5) is 11.2. The average Bonchev–Trinajstić information content (AvgIpc) is 2.85. The van der Waals surface area contributed by atoms with E-state index in [1.165, 1.54) is 19.5 Å². The average molecular weight is 302 g/mol. The number of piperidine rings is 1. The van der Waals surface area contributed by atoms with E-state index in [4.69, 9.17) is 0 Å². The van der Waals surface area contributed by atoms with Crippen molar-refractivity contribution in [1.29, 1.82) is 0 Å². The highest BCUT2D eigenvalue weighted by atomic mass is 15.3. The van der Waals surface area contributed by atoms with Gasteiger partial charge in [-0.15, -0.1) is 0 Å². The number of hydrogen-bond donors (Lipinski definition) is 1. The summed E-state index contributed by atoms with van der Waals surface area (Å²) >= 11 is 0. The Bertz CT molecular complexity index is 612. The van der Waals surface area contributed by atoms with Crippen LogP contribution in [0.2, 0.25) is 0 Å². The van der Waals surface area contributed by atoms with Crippen molar-refractivity contribution >= 4 is 16.9 Å². The van der Waals surface area contributed by atoms with Crippen molar-refractivity contribution in [2.75, 3.05) is 31.5 Å². The van der Waals surface area contributed by atoms with Crippen molar-refractivity contribution < 1.29 is 0 Å². The molecule has 120 valence electrons. The molecule has 2 atom stereocenters. The molecule has 1 aliphatic rings. The van der Waals surface area contributed by atoms with Crippen LogP contribution >= 0.6 is 0 Å². The molecule has 22 heavy (non-hydrogen) atoms. The number of aryl methyl sites for hydroxylation is 1. The quantitative estimate of drug-likeness (QED) is 0.858. The molecule has 6 heteroatoms. The van der Waals surface area contributed by atoms with Gasteiger partial charge in [0.15, 0.2) is 5.65 Å². The molecule has 1 saturated heterocycles. The lowest BCUT2D eigenvalue weighted by Crippen LogP contribution is -2.39. The Morgan fingerprint density at radius 1 is 1.23 bits per heavy atom. The largest absolute Gasteiger partial charge is 0.369 e. The highest BCUT2D eigenvalue weighted by Gasteiger charge is 2.21. The van der Waals surface area contributed by atoms with Gasteiger partial charge in [0.2, 0.25) is 0 Å². The van der Waals surface area contributed by atoms with Crippen LogP contribution in [0, 0.1) is 11.8 Å². The molecular formula is C16H26N6. The van der Waals surface area contributed by atoms with E-state index >= 15 is 0 Å².